The lowest BCUT2D eigenvalue weighted by Crippen LogP contribution is -2.28. The Morgan fingerprint density at radius 2 is 2.00 bits per heavy atom. The number of hydrogen-bond donors (Lipinski definition) is 2. The second-order valence-electron chi connectivity index (χ2n) is 5.35. The quantitative estimate of drug-likeness (QED) is 0.867. The molecule has 1 heterocycles. The zero-order chi connectivity index (χ0) is 13.0. The number of rotatable bonds is 4. The van der Waals surface area contributed by atoms with E-state index in [1.165, 1.54) is 43.5 Å². The van der Waals surface area contributed by atoms with Crippen LogP contribution in [0.15, 0.2) is 12.1 Å². The highest BCUT2D eigenvalue weighted by molar-refractivity contribution is 6.33. The summed E-state index contributed by atoms with van der Waals surface area (Å²) in [5.41, 5.74) is 3.57. The monoisotopic (exact) mass is 266 g/mol. The van der Waals surface area contributed by atoms with E-state index in [-0.39, 0.29) is 0 Å². The molecule has 1 fully saturated rings. The average Bonchev–Trinajstić information content (AvgIpc) is 2.34. The molecule has 100 valence electrons. The standard InChI is InChI=1S/C15H23ClN2/c1-11-9-12(2)15(14(16)10-11)18-8-5-13-3-6-17-7-4-13/h9-10,13,17-18H,3-8H2,1-2H3. The largest absolute Gasteiger partial charge is 0.384 e. The van der Waals surface area contributed by atoms with Gasteiger partial charge in [-0.05, 0) is 69.3 Å². The SMILES string of the molecule is Cc1cc(C)c(NCCC2CCNCC2)c(Cl)c1. The number of aryl methyl sites for hydroxylation is 2. The molecule has 1 aromatic carbocycles. The van der Waals surface area contributed by atoms with E-state index in [9.17, 15) is 0 Å². The number of halogens is 1. The minimum absolute atomic E-state index is 0.845. The van der Waals surface area contributed by atoms with Crippen LogP contribution in [0.25, 0.3) is 0 Å². The fraction of sp³-hybridized carbons (Fsp3) is 0.600. The van der Waals surface area contributed by atoms with Crippen LogP contribution in [0.5, 0.6) is 0 Å². The molecule has 0 aromatic heterocycles. The molecule has 0 amide bonds. The van der Waals surface area contributed by atoms with E-state index in [4.69, 9.17) is 11.6 Å². The first-order valence-corrected chi connectivity index (χ1v) is 7.26. The maximum Gasteiger partial charge on any atom is 0.0642 e. The van der Waals surface area contributed by atoms with Crippen molar-refractivity contribution in [1.82, 2.24) is 5.32 Å². The maximum absolute atomic E-state index is 6.28. The number of piperidine rings is 1. The molecule has 0 spiro atoms. The van der Waals surface area contributed by atoms with Gasteiger partial charge in [0, 0.05) is 6.54 Å². The average molecular weight is 267 g/mol. The zero-order valence-electron chi connectivity index (χ0n) is 11.4. The van der Waals surface area contributed by atoms with E-state index >= 15 is 0 Å². The van der Waals surface area contributed by atoms with Crippen molar-refractivity contribution in [3.63, 3.8) is 0 Å². The second-order valence-corrected chi connectivity index (χ2v) is 5.75. The highest BCUT2D eigenvalue weighted by atomic mass is 35.5. The minimum atomic E-state index is 0.845. The fourth-order valence-electron chi connectivity index (χ4n) is 2.71. The summed E-state index contributed by atoms with van der Waals surface area (Å²) in [5, 5.41) is 7.75. The van der Waals surface area contributed by atoms with Crippen LogP contribution in [0.4, 0.5) is 5.69 Å². The summed E-state index contributed by atoms with van der Waals surface area (Å²) in [7, 11) is 0. The molecule has 0 radical (unpaired) electrons. The van der Waals surface area contributed by atoms with Crippen LogP contribution in [0.1, 0.15) is 30.4 Å². The first kappa shape index (κ1) is 13.7. The van der Waals surface area contributed by atoms with Crippen LogP contribution < -0.4 is 10.6 Å². The Labute approximate surface area is 115 Å². The van der Waals surface area contributed by atoms with E-state index in [2.05, 4.69) is 30.5 Å². The summed E-state index contributed by atoms with van der Waals surface area (Å²) in [6.45, 7) is 7.57. The molecule has 0 bridgehead atoms. The van der Waals surface area contributed by atoms with Gasteiger partial charge >= 0.3 is 0 Å². The molecule has 18 heavy (non-hydrogen) atoms. The van der Waals surface area contributed by atoms with E-state index in [0.717, 1.165) is 23.2 Å². The molecule has 0 aliphatic carbocycles. The first-order valence-electron chi connectivity index (χ1n) is 6.88. The molecular formula is C15H23ClN2. The molecule has 1 aliphatic heterocycles. The third kappa shape index (κ3) is 3.63. The lowest BCUT2D eigenvalue weighted by atomic mass is 9.95. The molecule has 0 unspecified atom stereocenters. The van der Waals surface area contributed by atoms with Gasteiger partial charge in [0.25, 0.3) is 0 Å². The van der Waals surface area contributed by atoms with Crippen molar-refractivity contribution < 1.29 is 0 Å². The predicted molar refractivity (Wildman–Crippen MR) is 79.6 cm³/mol. The molecule has 3 heteroatoms. The Morgan fingerprint density at radius 3 is 2.67 bits per heavy atom. The molecule has 1 aliphatic rings. The van der Waals surface area contributed by atoms with E-state index in [0.29, 0.717) is 0 Å². The third-order valence-corrected chi connectivity index (χ3v) is 4.04. The normalized spacial score (nSPS) is 16.8. The fourth-order valence-corrected chi connectivity index (χ4v) is 3.10. The lowest BCUT2D eigenvalue weighted by molar-refractivity contribution is 0.361. The van der Waals surface area contributed by atoms with Crippen molar-refractivity contribution in [1.29, 1.82) is 0 Å². The molecular weight excluding hydrogens is 244 g/mol. The van der Waals surface area contributed by atoms with Crippen LogP contribution in [0.2, 0.25) is 5.02 Å². The smallest absolute Gasteiger partial charge is 0.0642 e. The van der Waals surface area contributed by atoms with Gasteiger partial charge in [0.05, 0.1) is 10.7 Å². The van der Waals surface area contributed by atoms with Crippen molar-refractivity contribution in [2.75, 3.05) is 25.0 Å². The maximum atomic E-state index is 6.28. The summed E-state index contributed by atoms with van der Waals surface area (Å²) in [5.74, 6) is 0.864. The van der Waals surface area contributed by atoms with Crippen LogP contribution in [0.3, 0.4) is 0 Å². The molecule has 1 saturated heterocycles. The molecule has 2 rings (SSSR count). The number of benzene rings is 1. The molecule has 0 saturated carbocycles. The van der Waals surface area contributed by atoms with Crippen LogP contribution in [0, 0.1) is 19.8 Å². The second kappa shape index (κ2) is 6.44. The van der Waals surface area contributed by atoms with E-state index in [1.54, 1.807) is 0 Å². The van der Waals surface area contributed by atoms with Gasteiger partial charge in [0.1, 0.15) is 0 Å². The molecule has 1 aromatic rings. The highest BCUT2D eigenvalue weighted by Crippen LogP contribution is 2.27. The van der Waals surface area contributed by atoms with Crippen molar-refractivity contribution in [2.45, 2.75) is 33.1 Å². The van der Waals surface area contributed by atoms with Crippen molar-refractivity contribution in [3.05, 3.63) is 28.3 Å². The molecule has 0 atom stereocenters. The van der Waals surface area contributed by atoms with Gasteiger partial charge in [-0.3, -0.25) is 0 Å². The van der Waals surface area contributed by atoms with Crippen LogP contribution in [-0.4, -0.2) is 19.6 Å². The predicted octanol–water partition coefficient (Wildman–Crippen LogP) is 3.76. The van der Waals surface area contributed by atoms with Crippen molar-refractivity contribution in [2.24, 2.45) is 5.92 Å². The zero-order valence-corrected chi connectivity index (χ0v) is 12.1. The van der Waals surface area contributed by atoms with Crippen LogP contribution in [-0.2, 0) is 0 Å². The van der Waals surface area contributed by atoms with Gasteiger partial charge in [0.2, 0.25) is 0 Å². The topological polar surface area (TPSA) is 24.1 Å². The summed E-state index contributed by atoms with van der Waals surface area (Å²) >= 11 is 6.28. The van der Waals surface area contributed by atoms with E-state index in [1.807, 2.05) is 6.07 Å². The van der Waals surface area contributed by atoms with Gasteiger partial charge in [-0.1, -0.05) is 17.7 Å². The Kier molecular flexibility index (Phi) is 4.90. The van der Waals surface area contributed by atoms with Crippen molar-refractivity contribution >= 4 is 17.3 Å². The summed E-state index contributed by atoms with van der Waals surface area (Å²) in [4.78, 5) is 0. The summed E-state index contributed by atoms with van der Waals surface area (Å²) < 4.78 is 0. The Bertz CT molecular complexity index is 374. The number of hydrogen-bond acceptors (Lipinski definition) is 2. The van der Waals surface area contributed by atoms with Crippen LogP contribution >= 0.6 is 11.6 Å². The number of anilines is 1. The lowest BCUT2D eigenvalue weighted by Gasteiger charge is -2.23. The molecule has 2 nitrogen and oxygen atoms in total. The van der Waals surface area contributed by atoms with Gasteiger partial charge in [-0.25, -0.2) is 0 Å². The third-order valence-electron chi connectivity index (χ3n) is 3.74. The van der Waals surface area contributed by atoms with Crippen molar-refractivity contribution in [3.8, 4) is 0 Å². The Balaban J connectivity index is 1.86. The van der Waals surface area contributed by atoms with Gasteiger partial charge < -0.3 is 10.6 Å². The van der Waals surface area contributed by atoms with Gasteiger partial charge in [0.15, 0.2) is 0 Å². The summed E-state index contributed by atoms with van der Waals surface area (Å²) in [6, 6.07) is 4.21. The molecule has 2 N–H and O–H groups in total. The first-order chi connectivity index (χ1) is 8.66. The Hall–Kier alpha value is -0.730. The van der Waals surface area contributed by atoms with Gasteiger partial charge in [-0.2, -0.15) is 0 Å². The minimum Gasteiger partial charge on any atom is -0.384 e. The highest BCUT2D eigenvalue weighted by Gasteiger charge is 2.12. The van der Waals surface area contributed by atoms with Gasteiger partial charge in [-0.15, -0.1) is 0 Å². The van der Waals surface area contributed by atoms with E-state index < -0.39 is 0 Å². The number of nitrogens with one attached hydrogen (secondary N) is 2. The summed E-state index contributed by atoms with van der Waals surface area (Å²) in [6.07, 6.45) is 3.86. The Morgan fingerprint density at radius 1 is 1.28 bits per heavy atom.